The van der Waals surface area contributed by atoms with Crippen LogP contribution in [-0.4, -0.2) is 106 Å². The molecule has 4 aliphatic rings. The van der Waals surface area contributed by atoms with Gasteiger partial charge in [-0.05, 0) is 123 Å². The Morgan fingerprint density at radius 1 is 1.05 bits per heavy atom. The number of piperidine rings is 1. The summed E-state index contributed by atoms with van der Waals surface area (Å²) in [6.07, 6.45) is 4.75. The highest BCUT2D eigenvalue weighted by Gasteiger charge is 2.52. The predicted molar refractivity (Wildman–Crippen MR) is 248 cm³/mol. The van der Waals surface area contributed by atoms with Gasteiger partial charge in [-0.15, -0.1) is 0 Å². The van der Waals surface area contributed by atoms with Crippen molar-refractivity contribution in [1.82, 2.24) is 25.1 Å². The average molecular weight is 891 g/mol. The lowest BCUT2D eigenvalue weighted by Gasteiger charge is -2.36. The Balaban J connectivity index is 1.21. The summed E-state index contributed by atoms with van der Waals surface area (Å²) in [7, 11) is 3.30. The summed E-state index contributed by atoms with van der Waals surface area (Å²) in [6.45, 7) is 12.8. The molecule has 2 amide bonds. The van der Waals surface area contributed by atoms with Crippen molar-refractivity contribution >= 4 is 34.5 Å². The second-order valence-corrected chi connectivity index (χ2v) is 19.9. The van der Waals surface area contributed by atoms with E-state index < -0.39 is 53.4 Å². The zero-order chi connectivity index (χ0) is 46.5. The lowest BCUT2D eigenvalue weighted by molar-refractivity contribution is -0.150. The highest BCUT2D eigenvalue weighted by Crippen LogP contribution is 2.43. The minimum atomic E-state index is -1.07. The minimum Gasteiger partial charge on any atom is -0.508 e. The van der Waals surface area contributed by atoms with E-state index in [-0.39, 0.29) is 54.7 Å². The van der Waals surface area contributed by atoms with Crippen LogP contribution in [0.15, 0.2) is 54.7 Å². The Hall–Kier alpha value is -5.15. The van der Waals surface area contributed by atoms with E-state index in [1.54, 1.807) is 32.5 Å². The quantitative estimate of drug-likeness (QED) is 0.144. The van der Waals surface area contributed by atoms with Crippen molar-refractivity contribution in [3.8, 4) is 28.1 Å². The number of methoxy groups -OCH3 is 1. The molecule has 4 aliphatic heterocycles. The normalized spacial score (nSPS) is 26.4. The third kappa shape index (κ3) is 9.07. The number of ketones is 1. The number of phenolic OH excluding ortho intramolecular Hbond substituents is 1. The number of nitrogens with one attached hydrogen (secondary N) is 2. The standard InChI is InChI=1S/C51H66N6O8/c1-9-57-39-16-15-30-24-34(39)35(46(57)33-12-11-19-53-44(33)28(4)63-8)25-51(5,6)26-64-50(62)37-14-10-13-36(54-37)47(59)38(22-29-20-31(30)23-32(58)21-29)55-48(60)45(27(2)3)56(7)49(61)42-40-17-18-41(65-40)43(42)52/h11-12,15-16,19-21,23-24,27-28,36-38,40-43,45,54,58H,9-10,13-14,17-18,22,25-26,52H2,1-8H3,(H,55,60)/t28-,36?,37-,38-,40+,41-,42+,43-,45-/m0/s1. The summed E-state index contributed by atoms with van der Waals surface area (Å²) in [5.74, 6) is -2.31. The van der Waals surface area contributed by atoms with Crippen molar-refractivity contribution in [1.29, 1.82) is 0 Å². The van der Waals surface area contributed by atoms with E-state index >= 15 is 0 Å². The number of nitrogens with two attached hydrogens (primary N) is 1. The second-order valence-electron chi connectivity index (χ2n) is 19.9. The lowest BCUT2D eigenvalue weighted by atomic mass is 9.83. The number of ether oxygens (including phenoxy) is 3. The van der Waals surface area contributed by atoms with Crippen LogP contribution >= 0.6 is 0 Å². The van der Waals surface area contributed by atoms with Gasteiger partial charge in [0.05, 0.1) is 54.3 Å². The van der Waals surface area contributed by atoms with Crippen molar-refractivity contribution in [2.75, 3.05) is 20.8 Å². The second kappa shape index (κ2) is 18.6. The van der Waals surface area contributed by atoms with E-state index in [9.17, 15) is 24.3 Å². The van der Waals surface area contributed by atoms with Crippen LogP contribution in [0.25, 0.3) is 33.3 Å². The number of likely N-dealkylation sites (N-methyl/N-ethyl adjacent to an activating group) is 1. The smallest absolute Gasteiger partial charge is 0.323 e. The van der Waals surface area contributed by atoms with E-state index in [4.69, 9.17) is 24.9 Å². The van der Waals surface area contributed by atoms with Gasteiger partial charge >= 0.3 is 5.97 Å². The van der Waals surface area contributed by atoms with Gasteiger partial charge in [-0.1, -0.05) is 39.8 Å². The molecule has 4 aromatic rings. The Kier molecular flexibility index (Phi) is 13.3. The molecule has 14 nitrogen and oxygen atoms in total. The number of aromatic hydroxyl groups is 1. The van der Waals surface area contributed by atoms with Crippen LogP contribution in [0.2, 0.25) is 0 Å². The number of cyclic esters (lactones) is 1. The molecule has 3 saturated heterocycles. The van der Waals surface area contributed by atoms with E-state index in [2.05, 4.69) is 54.2 Å². The first-order valence-corrected chi connectivity index (χ1v) is 23.4. The molecule has 5 N–H and O–H groups in total. The molecule has 2 aromatic carbocycles. The molecule has 65 heavy (non-hydrogen) atoms. The largest absolute Gasteiger partial charge is 0.508 e. The first-order valence-electron chi connectivity index (χ1n) is 23.4. The number of fused-ring (bicyclic) bond motifs is 8. The Bertz CT molecular complexity index is 2460. The fourth-order valence-electron chi connectivity index (χ4n) is 11.0. The van der Waals surface area contributed by atoms with Crippen LogP contribution in [0.5, 0.6) is 5.75 Å². The molecule has 3 fully saturated rings. The molecular formula is C51H66N6O8. The number of esters is 1. The van der Waals surface area contributed by atoms with Crippen molar-refractivity contribution in [2.45, 2.75) is 142 Å². The number of Topliss-reactive ketones (excluding diaryl/α,β-unsaturated/α-hetero) is 1. The van der Waals surface area contributed by atoms with Crippen molar-refractivity contribution in [3.63, 3.8) is 0 Å². The summed E-state index contributed by atoms with van der Waals surface area (Å²) in [6, 6.07) is 11.7. The predicted octanol–water partition coefficient (Wildman–Crippen LogP) is 6.02. The number of hydrogen-bond acceptors (Lipinski definition) is 11. The molecule has 0 radical (unpaired) electrons. The Morgan fingerprint density at radius 2 is 1.80 bits per heavy atom. The van der Waals surface area contributed by atoms with Gasteiger partial charge < -0.3 is 39.8 Å². The summed E-state index contributed by atoms with van der Waals surface area (Å²) >= 11 is 0. The number of aromatic nitrogens is 2. The molecule has 9 atom stereocenters. The number of amides is 2. The fraction of sp³-hybridized carbons (Fsp3) is 0.549. The third-order valence-corrected chi connectivity index (χ3v) is 14.3. The maximum absolute atomic E-state index is 14.8. The SMILES string of the molecule is CCn1c(-c2cccnc2[C@H](C)OC)c2c3cc(ccc31)-c1cc(O)cc(c1)C[C@H](NC(=O)[C@H](C(C)C)N(C)C(=O)[C@H]1[C@@H](N)[C@@H]3CC[C@H]1O3)C(=O)C1CCC[C@H](N1)C(=O)OCC(C)(C)C2. The van der Waals surface area contributed by atoms with Crippen LogP contribution in [-0.2, 0) is 52.8 Å². The molecule has 0 aliphatic carbocycles. The summed E-state index contributed by atoms with van der Waals surface area (Å²) in [5.41, 5.74) is 13.1. The Morgan fingerprint density at radius 3 is 2.51 bits per heavy atom. The number of rotatable bonds is 9. The van der Waals surface area contributed by atoms with Crippen LogP contribution in [0.1, 0.15) is 96.6 Å². The van der Waals surface area contributed by atoms with Crippen molar-refractivity contribution in [2.24, 2.45) is 23.0 Å². The number of phenols is 1. The van der Waals surface area contributed by atoms with Crippen LogP contribution in [0, 0.1) is 17.3 Å². The zero-order valence-electron chi connectivity index (χ0n) is 39.1. The monoisotopic (exact) mass is 890 g/mol. The summed E-state index contributed by atoms with van der Waals surface area (Å²) in [5, 5.41) is 18.7. The number of carbonyl (C=O) groups is 4. The zero-order valence-corrected chi connectivity index (χ0v) is 39.1. The maximum atomic E-state index is 14.8. The first-order chi connectivity index (χ1) is 31.0. The van der Waals surface area contributed by atoms with Crippen LogP contribution in [0.3, 0.4) is 0 Å². The lowest BCUT2D eigenvalue weighted by Crippen LogP contribution is -2.60. The van der Waals surface area contributed by atoms with Gasteiger partial charge in [0.25, 0.3) is 0 Å². The third-order valence-electron chi connectivity index (χ3n) is 14.3. The highest BCUT2D eigenvalue weighted by molar-refractivity contribution is 5.97. The van der Waals surface area contributed by atoms with Crippen molar-refractivity contribution < 1.29 is 38.5 Å². The molecule has 14 heteroatoms. The number of carbonyl (C=O) groups excluding carboxylic acids is 4. The molecule has 0 saturated carbocycles. The molecule has 8 bridgehead atoms. The molecule has 1 unspecified atom stereocenters. The van der Waals surface area contributed by atoms with E-state index in [0.717, 1.165) is 57.4 Å². The summed E-state index contributed by atoms with van der Waals surface area (Å²) < 4.78 is 20.2. The topological polar surface area (TPSA) is 187 Å². The van der Waals surface area contributed by atoms with Gasteiger partial charge in [-0.2, -0.15) is 0 Å². The van der Waals surface area contributed by atoms with Crippen LogP contribution < -0.4 is 16.4 Å². The molecular weight excluding hydrogens is 825 g/mol. The van der Waals surface area contributed by atoms with Gasteiger partial charge in [0.2, 0.25) is 11.8 Å². The number of benzene rings is 2. The molecule has 6 heterocycles. The molecule has 8 rings (SSSR count). The van der Waals surface area contributed by atoms with Gasteiger partial charge in [-0.25, -0.2) is 0 Å². The first kappa shape index (κ1) is 46.4. The average Bonchev–Trinajstić information content (AvgIpc) is 3.98. The highest BCUT2D eigenvalue weighted by atomic mass is 16.5. The number of hydrogen-bond donors (Lipinski definition) is 4. The van der Waals surface area contributed by atoms with Crippen LogP contribution in [0.4, 0.5) is 0 Å². The number of pyridine rings is 1. The summed E-state index contributed by atoms with van der Waals surface area (Å²) in [4.78, 5) is 63.6. The van der Waals surface area contributed by atoms with Gasteiger partial charge in [0, 0.05) is 54.8 Å². The van der Waals surface area contributed by atoms with Crippen molar-refractivity contribution in [3.05, 3.63) is 71.5 Å². The van der Waals surface area contributed by atoms with Gasteiger partial charge in [-0.3, -0.25) is 29.5 Å². The van der Waals surface area contributed by atoms with Gasteiger partial charge in [0.1, 0.15) is 17.8 Å². The van der Waals surface area contributed by atoms with E-state index in [1.165, 1.54) is 4.90 Å². The van der Waals surface area contributed by atoms with E-state index in [0.29, 0.717) is 37.8 Å². The van der Waals surface area contributed by atoms with E-state index in [1.807, 2.05) is 39.0 Å². The Labute approximate surface area is 382 Å². The fourth-order valence-corrected chi connectivity index (χ4v) is 11.0. The maximum Gasteiger partial charge on any atom is 0.323 e. The molecule has 348 valence electrons. The van der Waals surface area contributed by atoms with Gasteiger partial charge in [0.15, 0.2) is 5.78 Å². The number of nitrogens with zero attached hydrogens (tertiary/aromatic N) is 3. The molecule has 2 aromatic heterocycles. The number of aryl methyl sites for hydroxylation is 1. The molecule has 0 spiro atoms. The minimum absolute atomic E-state index is 0.0136.